The molecule has 0 aliphatic rings. The zero-order valence-corrected chi connectivity index (χ0v) is 10.7. The lowest BCUT2D eigenvalue weighted by Gasteiger charge is -2.15. The van der Waals surface area contributed by atoms with Gasteiger partial charge in [-0.2, -0.15) is 8.78 Å². The molecule has 0 spiro atoms. The van der Waals surface area contributed by atoms with Crippen LogP contribution in [-0.4, -0.2) is 18.9 Å². The molecule has 0 unspecified atom stereocenters. The number of benzene rings is 1. The van der Waals surface area contributed by atoms with Crippen LogP contribution < -0.4 is 5.32 Å². The van der Waals surface area contributed by atoms with Crippen LogP contribution in [0.15, 0.2) is 22.7 Å². The lowest BCUT2D eigenvalue weighted by atomic mass is 10.1. The van der Waals surface area contributed by atoms with Gasteiger partial charge in [-0.15, -0.1) is 0 Å². The predicted octanol–water partition coefficient (Wildman–Crippen LogP) is 3.75. The van der Waals surface area contributed by atoms with E-state index >= 15 is 0 Å². The van der Waals surface area contributed by atoms with Crippen molar-refractivity contribution < 1.29 is 17.6 Å². The summed E-state index contributed by atoms with van der Waals surface area (Å²) in [5, 5.41) is 2.32. The van der Waals surface area contributed by atoms with Gasteiger partial charge in [0.2, 0.25) is 0 Å². The minimum atomic E-state index is -3.98. The van der Waals surface area contributed by atoms with Gasteiger partial charge in [0.25, 0.3) is 0 Å². The Hall–Kier alpha value is -0.620. The van der Waals surface area contributed by atoms with E-state index in [0.717, 1.165) is 15.6 Å². The second-order valence-electron chi connectivity index (χ2n) is 3.75. The van der Waals surface area contributed by atoms with Crippen LogP contribution in [-0.2, 0) is 6.54 Å². The van der Waals surface area contributed by atoms with Crippen molar-refractivity contribution in [2.45, 2.75) is 25.8 Å². The van der Waals surface area contributed by atoms with Crippen LogP contribution in [0.4, 0.5) is 17.6 Å². The summed E-state index contributed by atoms with van der Waals surface area (Å²) in [5.41, 5.74) is 1.78. The average molecular weight is 314 g/mol. The van der Waals surface area contributed by atoms with Gasteiger partial charge >= 0.3 is 12.3 Å². The number of halogens is 5. The van der Waals surface area contributed by atoms with Gasteiger partial charge in [0.15, 0.2) is 0 Å². The van der Waals surface area contributed by atoms with Gasteiger partial charge in [0.05, 0.1) is 6.54 Å². The van der Waals surface area contributed by atoms with Crippen LogP contribution in [0.2, 0.25) is 0 Å². The van der Waals surface area contributed by atoms with Crippen LogP contribution >= 0.6 is 15.9 Å². The molecule has 17 heavy (non-hydrogen) atoms. The van der Waals surface area contributed by atoms with Gasteiger partial charge < -0.3 is 5.32 Å². The Kier molecular flexibility index (Phi) is 4.94. The maximum absolute atomic E-state index is 12.6. The Labute approximate surface area is 105 Å². The molecule has 0 saturated carbocycles. The summed E-state index contributed by atoms with van der Waals surface area (Å²) in [5.74, 6) is -3.98. The first-order valence-corrected chi connectivity index (χ1v) is 5.74. The monoisotopic (exact) mass is 313 g/mol. The number of hydrogen-bond donors (Lipinski definition) is 1. The van der Waals surface area contributed by atoms with Crippen LogP contribution in [0, 0.1) is 6.92 Å². The molecule has 0 radical (unpaired) electrons. The zero-order chi connectivity index (χ0) is 13.1. The summed E-state index contributed by atoms with van der Waals surface area (Å²) >= 11 is 3.30. The summed E-state index contributed by atoms with van der Waals surface area (Å²) in [4.78, 5) is 0. The van der Waals surface area contributed by atoms with Crippen LogP contribution in [0.5, 0.6) is 0 Å². The van der Waals surface area contributed by atoms with Gasteiger partial charge in [-0.1, -0.05) is 28.1 Å². The maximum Gasteiger partial charge on any atom is 0.319 e. The van der Waals surface area contributed by atoms with Crippen LogP contribution in [0.3, 0.4) is 0 Å². The summed E-state index contributed by atoms with van der Waals surface area (Å²) in [6.45, 7) is 0.990. The molecule has 0 aliphatic heterocycles. The third kappa shape index (κ3) is 4.27. The van der Waals surface area contributed by atoms with E-state index in [1.807, 2.05) is 13.0 Å². The van der Waals surface area contributed by atoms with Crippen molar-refractivity contribution >= 4 is 15.9 Å². The Balaban J connectivity index is 2.49. The fourth-order valence-corrected chi connectivity index (χ4v) is 1.62. The molecule has 0 fully saturated rings. The molecule has 1 aromatic rings. The standard InChI is InChI=1S/C11H12BrF4N/c1-7-2-3-8(4-9(7)12)5-17-6-11(15,16)10(13)14/h2-4,10,17H,5-6H2,1H3. The topological polar surface area (TPSA) is 12.0 Å². The van der Waals surface area contributed by atoms with Gasteiger partial charge in [0.1, 0.15) is 0 Å². The van der Waals surface area contributed by atoms with Crippen molar-refractivity contribution in [3.8, 4) is 0 Å². The fourth-order valence-electron chi connectivity index (χ4n) is 1.20. The highest BCUT2D eigenvalue weighted by Gasteiger charge is 2.39. The highest BCUT2D eigenvalue weighted by atomic mass is 79.9. The Morgan fingerprint density at radius 2 is 2.00 bits per heavy atom. The highest BCUT2D eigenvalue weighted by Crippen LogP contribution is 2.22. The smallest absolute Gasteiger partial charge is 0.307 e. The van der Waals surface area contributed by atoms with Gasteiger partial charge in [-0.05, 0) is 24.1 Å². The molecule has 1 nitrogen and oxygen atoms in total. The van der Waals surface area contributed by atoms with E-state index in [2.05, 4.69) is 21.2 Å². The lowest BCUT2D eigenvalue weighted by Crippen LogP contribution is -2.38. The third-order valence-corrected chi connectivity index (χ3v) is 3.10. The molecule has 6 heteroatoms. The van der Waals surface area contributed by atoms with Crippen LogP contribution in [0.1, 0.15) is 11.1 Å². The predicted molar refractivity (Wildman–Crippen MR) is 61.5 cm³/mol. The van der Waals surface area contributed by atoms with E-state index in [-0.39, 0.29) is 6.54 Å². The second-order valence-corrected chi connectivity index (χ2v) is 4.60. The maximum atomic E-state index is 12.6. The number of rotatable bonds is 5. The molecule has 0 amide bonds. The zero-order valence-electron chi connectivity index (χ0n) is 9.11. The summed E-state index contributed by atoms with van der Waals surface area (Å²) in [6.07, 6.45) is -3.64. The molecular formula is C11H12BrF4N. The number of aryl methyl sites for hydroxylation is 1. The lowest BCUT2D eigenvalue weighted by molar-refractivity contribution is -0.125. The van der Waals surface area contributed by atoms with E-state index in [4.69, 9.17) is 0 Å². The van der Waals surface area contributed by atoms with E-state index in [1.54, 1.807) is 12.1 Å². The first kappa shape index (κ1) is 14.4. The Bertz CT molecular complexity index is 382. The first-order valence-electron chi connectivity index (χ1n) is 4.94. The highest BCUT2D eigenvalue weighted by molar-refractivity contribution is 9.10. The summed E-state index contributed by atoms with van der Waals surface area (Å²) < 4.78 is 49.7. The number of alkyl halides is 4. The van der Waals surface area contributed by atoms with E-state index in [9.17, 15) is 17.6 Å². The normalized spacial score (nSPS) is 12.2. The fraction of sp³-hybridized carbons (Fsp3) is 0.455. The molecule has 0 saturated heterocycles. The van der Waals surface area contributed by atoms with E-state index in [0.29, 0.717) is 0 Å². The van der Waals surface area contributed by atoms with Crippen molar-refractivity contribution in [2.75, 3.05) is 6.54 Å². The Morgan fingerprint density at radius 3 is 2.53 bits per heavy atom. The number of hydrogen-bond acceptors (Lipinski definition) is 1. The average Bonchev–Trinajstić information content (AvgIpc) is 2.23. The van der Waals surface area contributed by atoms with E-state index in [1.165, 1.54) is 0 Å². The summed E-state index contributed by atoms with van der Waals surface area (Å²) in [7, 11) is 0. The molecule has 0 atom stereocenters. The molecule has 0 heterocycles. The third-order valence-electron chi connectivity index (χ3n) is 2.25. The SMILES string of the molecule is Cc1ccc(CNCC(F)(F)C(F)F)cc1Br. The molecule has 1 rings (SSSR count). The molecule has 96 valence electrons. The van der Waals surface area contributed by atoms with Crippen molar-refractivity contribution in [1.29, 1.82) is 0 Å². The van der Waals surface area contributed by atoms with Crippen LogP contribution in [0.25, 0.3) is 0 Å². The molecule has 1 N–H and O–H groups in total. The number of nitrogens with one attached hydrogen (secondary N) is 1. The summed E-state index contributed by atoms with van der Waals surface area (Å²) in [6, 6.07) is 5.35. The van der Waals surface area contributed by atoms with Crippen molar-refractivity contribution in [3.05, 3.63) is 33.8 Å². The van der Waals surface area contributed by atoms with E-state index < -0.39 is 18.9 Å². The van der Waals surface area contributed by atoms with Gasteiger partial charge in [-0.3, -0.25) is 0 Å². The molecule has 0 aliphatic carbocycles. The first-order chi connectivity index (χ1) is 7.83. The minimum Gasteiger partial charge on any atom is -0.307 e. The second kappa shape index (κ2) is 5.82. The molecular weight excluding hydrogens is 302 g/mol. The molecule has 1 aromatic carbocycles. The van der Waals surface area contributed by atoms with Crippen molar-refractivity contribution in [3.63, 3.8) is 0 Å². The van der Waals surface area contributed by atoms with Crippen molar-refractivity contribution in [2.24, 2.45) is 0 Å². The minimum absolute atomic E-state index is 0.126. The van der Waals surface area contributed by atoms with Crippen molar-refractivity contribution in [1.82, 2.24) is 5.32 Å². The quantitative estimate of drug-likeness (QED) is 0.816. The molecule has 0 aromatic heterocycles. The van der Waals surface area contributed by atoms with Gasteiger partial charge in [0, 0.05) is 11.0 Å². The Morgan fingerprint density at radius 1 is 1.35 bits per heavy atom. The van der Waals surface area contributed by atoms with Gasteiger partial charge in [-0.25, -0.2) is 8.78 Å². The molecule has 0 bridgehead atoms. The largest absolute Gasteiger partial charge is 0.319 e.